The van der Waals surface area contributed by atoms with Gasteiger partial charge < -0.3 is 9.15 Å². The molecule has 0 aliphatic heterocycles. The average Bonchev–Trinajstić information content (AvgIpc) is 2.91. The number of carbonyl (C=O) groups is 1. The first kappa shape index (κ1) is 15.3. The number of benzene rings is 1. The SMILES string of the molecule is COC(=O)C(NC(C)c1ccc(C)o1)c1ccc(F)cc1. The molecule has 0 amide bonds. The first-order valence-corrected chi connectivity index (χ1v) is 6.67. The lowest BCUT2D eigenvalue weighted by Gasteiger charge is -2.20. The van der Waals surface area contributed by atoms with Gasteiger partial charge in [-0.2, -0.15) is 0 Å². The summed E-state index contributed by atoms with van der Waals surface area (Å²) in [4.78, 5) is 12.0. The first-order valence-electron chi connectivity index (χ1n) is 6.67. The fourth-order valence-electron chi connectivity index (χ4n) is 2.09. The summed E-state index contributed by atoms with van der Waals surface area (Å²) >= 11 is 0. The van der Waals surface area contributed by atoms with E-state index >= 15 is 0 Å². The molecule has 2 aromatic rings. The Morgan fingerprint density at radius 1 is 1.24 bits per heavy atom. The van der Waals surface area contributed by atoms with E-state index in [1.807, 2.05) is 26.0 Å². The maximum atomic E-state index is 13.0. The highest BCUT2D eigenvalue weighted by atomic mass is 19.1. The van der Waals surface area contributed by atoms with Crippen LogP contribution in [0.5, 0.6) is 0 Å². The van der Waals surface area contributed by atoms with Crippen molar-refractivity contribution in [1.29, 1.82) is 0 Å². The van der Waals surface area contributed by atoms with E-state index in [2.05, 4.69) is 5.32 Å². The standard InChI is InChI=1S/C16H18FNO3/c1-10-4-9-14(21-10)11(2)18-15(16(19)20-3)12-5-7-13(17)8-6-12/h4-9,11,15,18H,1-3H3. The molecule has 4 nitrogen and oxygen atoms in total. The van der Waals surface area contributed by atoms with Gasteiger partial charge >= 0.3 is 5.97 Å². The van der Waals surface area contributed by atoms with E-state index in [-0.39, 0.29) is 11.9 Å². The predicted molar refractivity (Wildman–Crippen MR) is 76.2 cm³/mol. The molecule has 2 unspecified atom stereocenters. The monoisotopic (exact) mass is 291 g/mol. The minimum Gasteiger partial charge on any atom is -0.468 e. The molecule has 0 spiro atoms. The zero-order valence-electron chi connectivity index (χ0n) is 12.2. The second kappa shape index (κ2) is 6.54. The third-order valence-corrected chi connectivity index (χ3v) is 3.24. The first-order chi connectivity index (χ1) is 10.0. The lowest BCUT2D eigenvalue weighted by atomic mass is 10.1. The van der Waals surface area contributed by atoms with Crippen LogP contribution in [0.15, 0.2) is 40.8 Å². The molecule has 21 heavy (non-hydrogen) atoms. The van der Waals surface area contributed by atoms with Gasteiger partial charge in [0.25, 0.3) is 0 Å². The largest absolute Gasteiger partial charge is 0.468 e. The fraction of sp³-hybridized carbons (Fsp3) is 0.312. The van der Waals surface area contributed by atoms with Crippen LogP contribution in [0, 0.1) is 12.7 Å². The Kier molecular flexibility index (Phi) is 4.75. The summed E-state index contributed by atoms with van der Waals surface area (Å²) in [5, 5.41) is 3.14. The highest BCUT2D eigenvalue weighted by Crippen LogP contribution is 2.22. The zero-order valence-corrected chi connectivity index (χ0v) is 12.2. The van der Waals surface area contributed by atoms with Gasteiger partial charge in [-0.3, -0.25) is 5.32 Å². The minimum atomic E-state index is -0.684. The molecule has 0 aliphatic rings. The second-order valence-electron chi connectivity index (χ2n) is 4.84. The lowest BCUT2D eigenvalue weighted by molar-refractivity contribution is -0.143. The summed E-state index contributed by atoms with van der Waals surface area (Å²) in [5.41, 5.74) is 0.637. The topological polar surface area (TPSA) is 51.5 Å². The highest BCUT2D eigenvalue weighted by Gasteiger charge is 2.24. The molecular weight excluding hydrogens is 273 g/mol. The Hall–Kier alpha value is -2.14. The summed E-state index contributed by atoms with van der Waals surface area (Å²) in [6, 6.07) is 8.59. The molecule has 0 saturated carbocycles. The van der Waals surface area contributed by atoms with Crippen molar-refractivity contribution in [2.24, 2.45) is 0 Å². The van der Waals surface area contributed by atoms with Crippen LogP contribution in [0.3, 0.4) is 0 Å². The van der Waals surface area contributed by atoms with Crippen LogP contribution in [-0.4, -0.2) is 13.1 Å². The summed E-state index contributed by atoms with van der Waals surface area (Å²) in [7, 11) is 1.32. The van der Waals surface area contributed by atoms with Gasteiger partial charge in [0.05, 0.1) is 13.2 Å². The smallest absolute Gasteiger partial charge is 0.327 e. The predicted octanol–water partition coefficient (Wildman–Crippen LogP) is 3.29. The van der Waals surface area contributed by atoms with E-state index in [0.29, 0.717) is 5.56 Å². The maximum absolute atomic E-state index is 13.0. The number of esters is 1. The van der Waals surface area contributed by atoms with Crippen LogP contribution < -0.4 is 5.32 Å². The molecule has 0 bridgehead atoms. The van der Waals surface area contributed by atoms with E-state index in [9.17, 15) is 9.18 Å². The number of nitrogens with one attached hydrogen (secondary N) is 1. The van der Waals surface area contributed by atoms with Gasteiger partial charge in [0.1, 0.15) is 23.4 Å². The molecule has 0 aliphatic carbocycles. The second-order valence-corrected chi connectivity index (χ2v) is 4.84. The molecular formula is C16H18FNO3. The summed E-state index contributed by atoms with van der Waals surface area (Å²) < 4.78 is 23.4. The van der Waals surface area contributed by atoms with E-state index in [1.54, 1.807) is 12.1 Å². The molecule has 2 rings (SSSR count). The Bertz CT molecular complexity index is 606. The molecule has 5 heteroatoms. The minimum absolute atomic E-state index is 0.187. The van der Waals surface area contributed by atoms with Gasteiger partial charge in [-0.1, -0.05) is 12.1 Å². The van der Waals surface area contributed by atoms with E-state index in [1.165, 1.54) is 19.2 Å². The number of methoxy groups -OCH3 is 1. The lowest BCUT2D eigenvalue weighted by Crippen LogP contribution is -2.31. The number of rotatable bonds is 5. The van der Waals surface area contributed by atoms with Crippen molar-refractivity contribution in [3.05, 3.63) is 59.3 Å². The summed E-state index contributed by atoms with van der Waals surface area (Å²) in [5.74, 6) is 0.743. The zero-order chi connectivity index (χ0) is 15.4. The molecule has 1 aromatic heterocycles. The van der Waals surface area contributed by atoms with Crippen LogP contribution in [0.25, 0.3) is 0 Å². The number of aryl methyl sites for hydroxylation is 1. The Labute approximate surface area is 122 Å². The van der Waals surface area contributed by atoms with Crippen LogP contribution in [0.1, 0.15) is 36.1 Å². The quantitative estimate of drug-likeness (QED) is 0.859. The van der Waals surface area contributed by atoms with Crippen LogP contribution in [-0.2, 0) is 9.53 Å². The number of hydrogen-bond acceptors (Lipinski definition) is 4. The van der Waals surface area contributed by atoms with Crippen molar-refractivity contribution < 1.29 is 18.3 Å². The molecule has 0 fully saturated rings. The molecule has 0 saturated heterocycles. The fourth-order valence-corrected chi connectivity index (χ4v) is 2.09. The average molecular weight is 291 g/mol. The van der Waals surface area contributed by atoms with Crippen molar-refractivity contribution in [3.63, 3.8) is 0 Å². The number of furan rings is 1. The van der Waals surface area contributed by atoms with Gasteiger partial charge in [0.2, 0.25) is 0 Å². The molecule has 112 valence electrons. The third kappa shape index (κ3) is 3.70. The van der Waals surface area contributed by atoms with Crippen molar-refractivity contribution >= 4 is 5.97 Å². The van der Waals surface area contributed by atoms with Crippen molar-refractivity contribution in [1.82, 2.24) is 5.32 Å². The number of halogens is 1. The van der Waals surface area contributed by atoms with Crippen molar-refractivity contribution in [2.45, 2.75) is 25.9 Å². The third-order valence-electron chi connectivity index (χ3n) is 3.24. The van der Waals surface area contributed by atoms with Gasteiger partial charge in [0.15, 0.2) is 0 Å². The van der Waals surface area contributed by atoms with Crippen LogP contribution in [0.2, 0.25) is 0 Å². The van der Waals surface area contributed by atoms with Gasteiger partial charge in [-0.05, 0) is 43.7 Å². The highest BCUT2D eigenvalue weighted by molar-refractivity contribution is 5.77. The maximum Gasteiger partial charge on any atom is 0.327 e. The summed E-state index contributed by atoms with van der Waals surface area (Å²) in [6.45, 7) is 3.74. The van der Waals surface area contributed by atoms with Crippen LogP contribution in [0.4, 0.5) is 4.39 Å². The van der Waals surface area contributed by atoms with E-state index in [4.69, 9.17) is 9.15 Å². The molecule has 1 heterocycles. The van der Waals surface area contributed by atoms with Crippen LogP contribution >= 0.6 is 0 Å². The van der Waals surface area contributed by atoms with Gasteiger partial charge in [-0.25, -0.2) is 9.18 Å². The Balaban J connectivity index is 2.20. The molecule has 1 aromatic carbocycles. The molecule has 0 radical (unpaired) electrons. The number of hydrogen-bond donors (Lipinski definition) is 1. The Morgan fingerprint density at radius 2 is 1.90 bits per heavy atom. The molecule has 2 atom stereocenters. The number of ether oxygens (including phenoxy) is 1. The normalized spacial score (nSPS) is 13.7. The van der Waals surface area contributed by atoms with Crippen molar-refractivity contribution in [3.8, 4) is 0 Å². The van der Waals surface area contributed by atoms with E-state index < -0.39 is 12.0 Å². The van der Waals surface area contributed by atoms with Gasteiger partial charge in [-0.15, -0.1) is 0 Å². The Morgan fingerprint density at radius 3 is 2.43 bits per heavy atom. The van der Waals surface area contributed by atoms with Gasteiger partial charge in [0, 0.05) is 0 Å². The van der Waals surface area contributed by atoms with Crippen molar-refractivity contribution in [2.75, 3.05) is 7.11 Å². The summed E-state index contributed by atoms with van der Waals surface area (Å²) in [6.07, 6.45) is 0. The van der Waals surface area contributed by atoms with E-state index in [0.717, 1.165) is 11.5 Å². The molecule has 1 N–H and O–H groups in total. The number of carbonyl (C=O) groups excluding carboxylic acids is 1.